The molecule has 0 fully saturated rings. The van der Waals surface area contributed by atoms with Crippen LogP contribution in [0.1, 0.15) is 50.3 Å². The highest BCUT2D eigenvalue weighted by Crippen LogP contribution is 2.29. The van der Waals surface area contributed by atoms with Gasteiger partial charge < -0.3 is 21.3 Å². The Balaban J connectivity index is 3.56. The molecule has 1 atom stereocenters. The number of hydrogen-bond donors (Lipinski definition) is 3. The van der Waals surface area contributed by atoms with E-state index in [2.05, 4.69) is 4.99 Å². The molecule has 0 radical (unpaired) electrons. The second kappa shape index (κ2) is 9.99. The minimum atomic E-state index is -4.56. The maximum atomic E-state index is 13.6. The summed E-state index contributed by atoms with van der Waals surface area (Å²) in [5.41, 5.74) is 11.1. The van der Waals surface area contributed by atoms with Crippen LogP contribution in [-0.4, -0.2) is 54.0 Å². The lowest BCUT2D eigenvalue weighted by atomic mass is 10.1. The Morgan fingerprint density at radius 1 is 1.16 bits per heavy atom. The topological polar surface area (TPSA) is 165 Å². The normalized spacial score (nSPS) is 12.7. The van der Waals surface area contributed by atoms with Crippen LogP contribution in [0.4, 0.5) is 4.79 Å². The van der Waals surface area contributed by atoms with Crippen LogP contribution in [0.15, 0.2) is 22.0 Å². The van der Waals surface area contributed by atoms with Crippen molar-refractivity contribution in [1.82, 2.24) is 4.31 Å². The zero-order valence-corrected chi connectivity index (χ0v) is 19.6. The third-order valence-electron chi connectivity index (χ3n) is 4.19. The van der Waals surface area contributed by atoms with Gasteiger partial charge in [0.1, 0.15) is 11.6 Å². The number of aliphatic carboxylic acids is 1. The number of carbonyl (C=O) groups excluding carboxylic acids is 1. The highest BCUT2D eigenvalue weighted by molar-refractivity contribution is 7.89. The number of amides is 1. The molecule has 1 rings (SSSR count). The zero-order chi connectivity index (χ0) is 24.1. The maximum Gasteiger partial charge on any atom is 0.425 e. The molecule has 0 unspecified atom stereocenters. The monoisotopic (exact) mass is 456 g/mol. The maximum absolute atomic E-state index is 13.6. The summed E-state index contributed by atoms with van der Waals surface area (Å²) in [7, 11) is -4.56. The Morgan fingerprint density at radius 2 is 1.68 bits per heavy atom. The molecule has 1 aromatic rings. The van der Waals surface area contributed by atoms with E-state index in [1.807, 2.05) is 6.92 Å². The molecule has 0 heterocycles. The van der Waals surface area contributed by atoms with Gasteiger partial charge in [0.15, 0.2) is 5.96 Å². The van der Waals surface area contributed by atoms with E-state index in [0.717, 1.165) is 5.56 Å². The first-order chi connectivity index (χ1) is 14.1. The van der Waals surface area contributed by atoms with E-state index < -0.39 is 33.7 Å². The highest BCUT2D eigenvalue weighted by atomic mass is 32.2. The summed E-state index contributed by atoms with van der Waals surface area (Å²) in [6, 6.07) is 1.61. The molecule has 0 aliphatic rings. The van der Waals surface area contributed by atoms with E-state index >= 15 is 0 Å². The lowest BCUT2D eigenvalue weighted by molar-refractivity contribution is -0.141. The molecule has 174 valence electrons. The minimum absolute atomic E-state index is 0.0803. The molecule has 0 bridgehead atoms. The molecule has 0 aromatic heterocycles. The van der Waals surface area contributed by atoms with Crippen molar-refractivity contribution in [3.63, 3.8) is 0 Å². The minimum Gasteiger partial charge on any atom is -0.480 e. The number of carbonyl (C=O) groups is 2. The number of carboxylic acids is 1. The van der Waals surface area contributed by atoms with Gasteiger partial charge in [-0.05, 0) is 65.5 Å². The number of carboxylic acid groups (broad SMARTS) is 1. The van der Waals surface area contributed by atoms with Crippen molar-refractivity contribution in [3.05, 3.63) is 28.8 Å². The van der Waals surface area contributed by atoms with Crippen LogP contribution >= 0.6 is 0 Å². The van der Waals surface area contributed by atoms with Gasteiger partial charge in [-0.2, -0.15) is 4.31 Å². The van der Waals surface area contributed by atoms with Gasteiger partial charge in [0.25, 0.3) is 10.0 Å². The number of hydrogen-bond acceptors (Lipinski definition) is 6. The van der Waals surface area contributed by atoms with Gasteiger partial charge in [-0.1, -0.05) is 17.7 Å². The number of benzene rings is 1. The first-order valence-corrected chi connectivity index (χ1v) is 11.2. The highest BCUT2D eigenvalue weighted by Gasteiger charge is 2.43. The molecule has 10 nitrogen and oxygen atoms in total. The molecule has 0 spiro atoms. The smallest absolute Gasteiger partial charge is 0.425 e. The summed E-state index contributed by atoms with van der Waals surface area (Å²) >= 11 is 0. The number of nitrogens with zero attached hydrogens (tertiary/aromatic N) is 2. The Labute approximate surface area is 183 Å². The van der Waals surface area contributed by atoms with Crippen LogP contribution in [0, 0.1) is 20.8 Å². The molecule has 0 saturated carbocycles. The number of sulfonamides is 1. The molecule has 0 aliphatic heterocycles. The fourth-order valence-electron chi connectivity index (χ4n) is 3.21. The van der Waals surface area contributed by atoms with E-state index in [1.54, 1.807) is 46.8 Å². The number of nitrogens with two attached hydrogens (primary N) is 2. The fraction of sp³-hybridized carbons (Fsp3) is 0.550. The van der Waals surface area contributed by atoms with E-state index in [-0.39, 0.29) is 30.2 Å². The van der Waals surface area contributed by atoms with Gasteiger partial charge in [-0.15, -0.1) is 0 Å². The van der Waals surface area contributed by atoms with Gasteiger partial charge in [0.2, 0.25) is 0 Å². The number of guanidine groups is 1. The standard InChI is InChI=1S/C20H32N4O6S/c1-12-10-13(2)16(14(3)11-12)31(28,29)24(19(27)30-20(4,5)6)15(17(25)26)8-7-9-23-18(21)22/h10-11,15H,7-9H2,1-6H3,(H,25,26)(H4,21,22,23)/t15-/m0/s1. The Bertz CT molecular complexity index is 939. The molecule has 11 heteroatoms. The molecule has 0 aliphatic carbocycles. The summed E-state index contributed by atoms with van der Waals surface area (Å²) in [5, 5.41) is 9.79. The largest absolute Gasteiger partial charge is 0.480 e. The molecule has 1 aromatic carbocycles. The van der Waals surface area contributed by atoms with Crippen LogP contribution in [0.5, 0.6) is 0 Å². The molecule has 31 heavy (non-hydrogen) atoms. The van der Waals surface area contributed by atoms with Crippen LogP contribution < -0.4 is 11.5 Å². The van der Waals surface area contributed by atoms with Crippen LogP contribution in [0.3, 0.4) is 0 Å². The summed E-state index contributed by atoms with van der Waals surface area (Å²) in [6.45, 7) is 9.76. The Morgan fingerprint density at radius 3 is 2.10 bits per heavy atom. The number of aliphatic imine (C=N–C) groups is 1. The van der Waals surface area contributed by atoms with Crippen LogP contribution in [-0.2, 0) is 19.6 Å². The average molecular weight is 457 g/mol. The van der Waals surface area contributed by atoms with E-state index in [0.29, 0.717) is 15.4 Å². The van der Waals surface area contributed by atoms with Crippen molar-refractivity contribution in [2.45, 2.75) is 70.9 Å². The molecular weight excluding hydrogens is 424 g/mol. The molecule has 1 amide bonds. The van der Waals surface area contributed by atoms with Crippen LogP contribution in [0.2, 0.25) is 0 Å². The Hall–Kier alpha value is -2.82. The Kier molecular flexibility index (Phi) is 8.45. The average Bonchev–Trinajstić information content (AvgIpc) is 2.53. The van der Waals surface area contributed by atoms with E-state index in [4.69, 9.17) is 16.2 Å². The predicted octanol–water partition coefficient (Wildman–Crippen LogP) is 2.04. The van der Waals surface area contributed by atoms with Gasteiger partial charge in [-0.3, -0.25) is 4.99 Å². The summed E-state index contributed by atoms with van der Waals surface area (Å²) < 4.78 is 32.8. The first kappa shape index (κ1) is 26.2. The van der Waals surface area contributed by atoms with Crippen LogP contribution in [0.25, 0.3) is 0 Å². The van der Waals surface area contributed by atoms with Crippen molar-refractivity contribution in [1.29, 1.82) is 0 Å². The van der Waals surface area contributed by atoms with Crippen molar-refractivity contribution in [2.75, 3.05) is 6.54 Å². The van der Waals surface area contributed by atoms with Gasteiger partial charge >= 0.3 is 12.1 Å². The molecule has 0 saturated heterocycles. The van der Waals surface area contributed by atoms with E-state index in [9.17, 15) is 23.1 Å². The quantitative estimate of drug-likeness (QED) is 0.304. The fourth-order valence-corrected chi connectivity index (χ4v) is 5.10. The second-order valence-electron chi connectivity index (χ2n) is 8.31. The third kappa shape index (κ3) is 7.12. The first-order valence-electron chi connectivity index (χ1n) is 9.71. The lowest BCUT2D eigenvalue weighted by Gasteiger charge is -2.31. The zero-order valence-electron chi connectivity index (χ0n) is 18.8. The molecular formula is C20H32N4O6S. The van der Waals surface area contributed by atoms with Crippen molar-refractivity contribution in [2.24, 2.45) is 16.5 Å². The number of ether oxygens (including phenoxy) is 1. The summed E-state index contributed by atoms with van der Waals surface area (Å²) in [6.07, 6.45) is -1.33. The van der Waals surface area contributed by atoms with Gasteiger partial charge in [0.05, 0.1) is 4.90 Å². The van der Waals surface area contributed by atoms with Crippen molar-refractivity contribution >= 4 is 28.0 Å². The SMILES string of the molecule is Cc1cc(C)c(S(=O)(=O)N(C(=O)OC(C)(C)C)[C@@H](CCCN=C(N)N)C(=O)O)c(C)c1. The van der Waals surface area contributed by atoms with Gasteiger partial charge in [-0.25, -0.2) is 18.0 Å². The lowest BCUT2D eigenvalue weighted by Crippen LogP contribution is -2.50. The predicted molar refractivity (Wildman–Crippen MR) is 117 cm³/mol. The number of aryl methyl sites for hydroxylation is 3. The summed E-state index contributed by atoms with van der Waals surface area (Å²) in [4.78, 5) is 28.6. The van der Waals surface area contributed by atoms with E-state index in [1.165, 1.54) is 0 Å². The second-order valence-corrected chi connectivity index (χ2v) is 10.1. The summed E-state index contributed by atoms with van der Waals surface area (Å²) in [5.74, 6) is -1.66. The number of rotatable bonds is 8. The third-order valence-corrected chi connectivity index (χ3v) is 6.27. The van der Waals surface area contributed by atoms with Crippen molar-refractivity contribution < 1.29 is 27.9 Å². The van der Waals surface area contributed by atoms with Crippen molar-refractivity contribution in [3.8, 4) is 0 Å². The molecule has 5 N–H and O–H groups in total. The van der Waals surface area contributed by atoms with Gasteiger partial charge in [0, 0.05) is 6.54 Å².